The third-order valence-electron chi connectivity index (χ3n) is 0.254. The van der Waals surface area contributed by atoms with Crippen molar-refractivity contribution in [2.75, 3.05) is 6.54 Å². The van der Waals surface area contributed by atoms with Crippen molar-refractivity contribution < 1.29 is 39.6 Å². The molecule has 5 heavy (non-hydrogen) atoms. The molecule has 0 aliphatic rings. The number of nitrogens with two attached hydrogens (primary N) is 2. The van der Waals surface area contributed by atoms with Gasteiger partial charge in [-0.3, -0.25) is 0 Å². The summed E-state index contributed by atoms with van der Waals surface area (Å²) in [5, 5.41) is 0. The fourth-order valence-corrected chi connectivity index (χ4v) is 0. The quantitative estimate of drug-likeness (QED) is 0.556. The van der Waals surface area contributed by atoms with Gasteiger partial charge in [0.1, 0.15) is 0 Å². The normalized spacial score (nSPS) is 14.6. The third kappa shape index (κ3) is 5.30. The van der Waals surface area contributed by atoms with Crippen LogP contribution in [0.15, 0.2) is 0 Å². The summed E-state index contributed by atoms with van der Waals surface area (Å²) in [5.41, 5.74) is 10.3. The van der Waals surface area contributed by atoms with E-state index in [0.29, 0.717) is 8.10 Å². The van der Waals surface area contributed by atoms with Crippen LogP contribution >= 0.6 is 0 Å². The molecule has 4 N–H and O–H groups in total. The summed E-state index contributed by atoms with van der Waals surface area (Å²) >= 11 is 1.02. The molecule has 0 amide bonds. The van der Waals surface area contributed by atoms with Gasteiger partial charge in [-0.1, -0.05) is 0 Å². The van der Waals surface area contributed by atoms with E-state index in [4.69, 9.17) is 11.5 Å². The van der Waals surface area contributed by atoms with Crippen LogP contribution in [0.25, 0.3) is 0 Å². The maximum atomic E-state index is 5.23. The average molecular weight is 199 g/mol. The Morgan fingerprint density at radius 3 is 2.00 bits per heavy atom. The van der Waals surface area contributed by atoms with Crippen LogP contribution in [-0.4, -0.2) is 8.10 Å². The van der Waals surface area contributed by atoms with Crippen molar-refractivity contribution in [3.63, 3.8) is 0 Å². The van der Waals surface area contributed by atoms with Crippen molar-refractivity contribution in [2.45, 2.75) is 1.56 Å². The molecule has 3 heteroatoms. The van der Waals surface area contributed by atoms with Gasteiger partial charge >= 0.3 is 59.2 Å². The van der Waals surface area contributed by atoms with Crippen molar-refractivity contribution in [1.29, 1.82) is 0 Å². The first-order valence-corrected chi connectivity index (χ1v) is 3.25. The summed E-state index contributed by atoms with van der Waals surface area (Å²) in [6, 6.07) is 0. The van der Waals surface area contributed by atoms with E-state index in [9.17, 15) is 0 Å². The van der Waals surface area contributed by atoms with Crippen LogP contribution in [0.3, 0.4) is 0 Å². The van der Waals surface area contributed by atoms with Crippen LogP contribution in [0.4, 0.5) is 0 Å². The molecule has 0 aliphatic heterocycles. The molecule has 0 saturated carbocycles. The molecule has 2 nitrogen and oxygen atoms in total. The van der Waals surface area contributed by atoms with Crippen LogP contribution in [0.5, 0.6) is 0 Å². The Bertz CT molecular complexity index is 21.6. The van der Waals surface area contributed by atoms with Gasteiger partial charge in [0.15, 0.2) is 0 Å². The maximum absolute atomic E-state index is 5.23. The summed E-state index contributed by atoms with van der Waals surface area (Å²) in [6.45, 7) is 0.645. The van der Waals surface area contributed by atoms with Gasteiger partial charge in [0.2, 0.25) is 0 Å². The number of hydrogen-bond donors (Lipinski definition) is 2. The fourth-order valence-electron chi connectivity index (χ4n) is 0. The molecule has 0 aromatic rings. The standard InChI is InChI=1S/C2H7N2.Ce/c3-1-2-4;/h1H,2-4H2;. The summed E-state index contributed by atoms with van der Waals surface area (Å²) in [4.78, 5) is 0. The average Bonchev–Trinajstić information content (AvgIpc) is 1.38. The molecular formula is C2H7CeN2. The fraction of sp³-hybridized carbons (Fsp3) is 1.00. The summed E-state index contributed by atoms with van der Waals surface area (Å²) in [6.07, 6.45) is 0. The van der Waals surface area contributed by atoms with E-state index in [2.05, 4.69) is 0 Å². The second-order valence-electron chi connectivity index (χ2n) is 0.842. The van der Waals surface area contributed by atoms with Gasteiger partial charge in [-0.15, -0.1) is 0 Å². The van der Waals surface area contributed by atoms with Gasteiger partial charge in [0, 0.05) is 0 Å². The van der Waals surface area contributed by atoms with Crippen LogP contribution < -0.4 is 11.5 Å². The van der Waals surface area contributed by atoms with Crippen molar-refractivity contribution in [1.82, 2.24) is 0 Å². The van der Waals surface area contributed by atoms with Gasteiger partial charge in [-0.2, -0.15) is 0 Å². The summed E-state index contributed by atoms with van der Waals surface area (Å²) in [5.74, 6) is 0. The van der Waals surface area contributed by atoms with Gasteiger partial charge in [-0.25, -0.2) is 0 Å². The molecule has 0 rings (SSSR count). The predicted octanol–water partition coefficient (Wildman–Crippen LogP) is -1.22. The van der Waals surface area contributed by atoms with Crippen LogP contribution in [0.1, 0.15) is 0 Å². The molecule has 0 aliphatic carbocycles. The first-order valence-electron chi connectivity index (χ1n) is 1.44. The molecule has 0 bridgehead atoms. The SMILES string of the molecule is NC[CH](N)[Ce]. The molecular weight excluding hydrogens is 192 g/mol. The van der Waals surface area contributed by atoms with Crippen molar-refractivity contribution in [2.24, 2.45) is 11.5 Å². The zero-order valence-corrected chi connectivity index (χ0v) is 6.08. The molecule has 29 valence electrons. The van der Waals surface area contributed by atoms with Crippen molar-refractivity contribution in [3.05, 3.63) is 0 Å². The van der Waals surface area contributed by atoms with E-state index in [1.807, 2.05) is 0 Å². The van der Waals surface area contributed by atoms with E-state index in [1.165, 1.54) is 0 Å². The topological polar surface area (TPSA) is 52.0 Å². The zero-order chi connectivity index (χ0) is 4.28. The zero-order valence-electron chi connectivity index (χ0n) is 2.94. The second kappa shape index (κ2) is 3.49. The monoisotopic (exact) mass is 199 g/mol. The predicted molar refractivity (Wildman–Crippen MR) is 17.0 cm³/mol. The van der Waals surface area contributed by atoms with Crippen molar-refractivity contribution in [3.8, 4) is 0 Å². The van der Waals surface area contributed by atoms with Gasteiger partial charge < -0.3 is 0 Å². The Kier molecular flexibility index (Phi) is 4.39. The minimum absolute atomic E-state index is 0.301. The molecule has 0 spiro atoms. The van der Waals surface area contributed by atoms with Crippen LogP contribution in [-0.2, 0) is 0 Å². The Labute approximate surface area is 58.6 Å². The molecule has 1 atom stereocenters. The molecule has 0 saturated heterocycles. The molecule has 0 heterocycles. The van der Waals surface area contributed by atoms with E-state index in [0.717, 1.165) is 39.6 Å². The van der Waals surface area contributed by atoms with Gasteiger partial charge in [0.25, 0.3) is 0 Å². The van der Waals surface area contributed by atoms with Crippen LogP contribution in [0.2, 0.25) is 0 Å². The Morgan fingerprint density at radius 2 is 2.00 bits per heavy atom. The first-order chi connectivity index (χ1) is 2.27. The summed E-state index contributed by atoms with van der Waals surface area (Å²) < 4.78 is 0.301. The van der Waals surface area contributed by atoms with Gasteiger partial charge in [-0.05, 0) is 0 Å². The Hall–Kier alpha value is 1.30. The van der Waals surface area contributed by atoms with Gasteiger partial charge in [0.05, 0.1) is 0 Å². The van der Waals surface area contributed by atoms with E-state index >= 15 is 0 Å². The molecule has 0 aromatic carbocycles. The molecule has 0 fully saturated rings. The third-order valence-corrected chi connectivity index (χ3v) is 0.994. The van der Waals surface area contributed by atoms with E-state index < -0.39 is 0 Å². The summed E-state index contributed by atoms with van der Waals surface area (Å²) in [7, 11) is 0. The number of rotatable bonds is 1. The molecule has 0 aromatic heterocycles. The molecule has 1 unspecified atom stereocenters. The molecule has 0 radical (unpaired) electrons. The van der Waals surface area contributed by atoms with Crippen molar-refractivity contribution >= 4 is 0 Å². The minimum atomic E-state index is 0.301. The first kappa shape index (κ1) is 6.30. The van der Waals surface area contributed by atoms with E-state index in [-0.39, 0.29) is 0 Å². The number of hydrogen-bond acceptors (Lipinski definition) is 2. The Morgan fingerprint density at radius 1 is 1.80 bits per heavy atom. The van der Waals surface area contributed by atoms with Crippen LogP contribution in [0, 0.1) is 39.6 Å². The van der Waals surface area contributed by atoms with E-state index in [1.54, 1.807) is 0 Å². The second-order valence-corrected chi connectivity index (χ2v) is 3.17. The Balaban J connectivity index is 2.54.